The van der Waals surface area contributed by atoms with Gasteiger partial charge < -0.3 is 11.1 Å². The van der Waals surface area contributed by atoms with Gasteiger partial charge in [-0.2, -0.15) is 0 Å². The van der Waals surface area contributed by atoms with Crippen LogP contribution < -0.4 is 11.1 Å². The highest BCUT2D eigenvalue weighted by Crippen LogP contribution is 2.28. The SMILES string of the molecule is C[C@H](Sc1nc(N)c2ccsc2n1)C(=O)NC1CCCCC1. The molecule has 2 aromatic rings. The normalized spacial score (nSPS) is 17.5. The second kappa shape index (κ2) is 6.83. The number of anilines is 1. The molecule has 3 N–H and O–H groups in total. The Balaban J connectivity index is 1.64. The minimum Gasteiger partial charge on any atom is -0.383 e. The number of nitrogens with zero attached hydrogens (tertiary/aromatic N) is 2. The summed E-state index contributed by atoms with van der Waals surface area (Å²) in [6.45, 7) is 1.89. The molecule has 1 atom stereocenters. The molecule has 2 aromatic heterocycles. The Labute approximate surface area is 138 Å². The molecule has 0 radical (unpaired) electrons. The molecule has 1 fully saturated rings. The highest BCUT2D eigenvalue weighted by molar-refractivity contribution is 8.00. The van der Waals surface area contributed by atoms with Gasteiger partial charge in [0.05, 0.1) is 10.6 Å². The summed E-state index contributed by atoms with van der Waals surface area (Å²) in [5.74, 6) is 0.541. The van der Waals surface area contributed by atoms with Crippen LogP contribution in [0.15, 0.2) is 16.6 Å². The van der Waals surface area contributed by atoms with Gasteiger partial charge in [-0.15, -0.1) is 11.3 Å². The van der Waals surface area contributed by atoms with E-state index in [2.05, 4.69) is 15.3 Å². The predicted octanol–water partition coefficient (Wildman–Crippen LogP) is 3.20. The maximum Gasteiger partial charge on any atom is 0.233 e. The molecule has 0 unspecified atom stereocenters. The summed E-state index contributed by atoms with van der Waals surface area (Å²) in [5, 5.41) is 6.32. The number of nitrogens with one attached hydrogen (secondary N) is 1. The van der Waals surface area contributed by atoms with Crippen molar-refractivity contribution in [2.45, 2.75) is 55.5 Å². The van der Waals surface area contributed by atoms with Gasteiger partial charge in [0.1, 0.15) is 10.6 Å². The second-order valence-electron chi connectivity index (χ2n) is 5.63. The molecule has 1 amide bonds. The molecule has 1 aliphatic rings. The number of hydrogen-bond donors (Lipinski definition) is 2. The van der Waals surface area contributed by atoms with Crippen molar-refractivity contribution < 1.29 is 4.79 Å². The van der Waals surface area contributed by atoms with E-state index in [0.717, 1.165) is 23.1 Å². The molecule has 0 aliphatic heterocycles. The zero-order valence-corrected chi connectivity index (χ0v) is 14.2. The number of aromatic nitrogens is 2. The van der Waals surface area contributed by atoms with Crippen LogP contribution in [-0.2, 0) is 4.79 Å². The first-order valence-corrected chi connectivity index (χ1v) is 9.37. The Hall–Kier alpha value is -1.34. The first-order valence-electron chi connectivity index (χ1n) is 7.61. The molecule has 22 heavy (non-hydrogen) atoms. The predicted molar refractivity (Wildman–Crippen MR) is 92.2 cm³/mol. The first kappa shape index (κ1) is 15.6. The summed E-state index contributed by atoms with van der Waals surface area (Å²) in [5.41, 5.74) is 5.94. The van der Waals surface area contributed by atoms with E-state index in [4.69, 9.17) is 5.73 Å². The zero-order valence-electron chi connectivity index (χ0n) is 12.5. The van der Waals surface area contributed by atoms with Gasteiger partial charge in [-0.05, 0) is 31.2 Å². The summed E-state index contributed by atoms with van der Waals surface area (Å²) >= 11 is 2.90. The van der Waals surface area contributed by atoms with Crippen LogP contribution in [0.3, 0.4) is 0 Å². The number of nitrogen functional groups attached to an aromatic ring is 1. The Morgan fingerprint density at radius 2 is 2.18 bits per heavy atom. The molecule has 1 aliphatic carbocycles. The fourth-order valence-corrected chi connectivity index (χ4v) is 4.30. The Bertz CT molecular complexity index is 667. The van der Waals surface area contributed by atoms with Gasteiger partial charge in [0.15, 0.2) is 5.16 Å². The van der Waals surface area contributed by atoms with Crippen LogP contribution in [0.1, 0.15) is 39.0 Å². The third kappa shape index (κ3) is 3.52. The Morgan fingerprint density at radius 3 is 2.95 bits per heavy atom. The van der Waals surface area contributed by atoms with E-state index in [1.807, 2.05) is 18.4 Å². The molecule has 5 nitrogen and oxygen atoms in total. The van der Waals surface area contributed by atoms with Crippen molar-refractivity contribution in [3.05, 3.63) is 11.4 Å². The summed E-state index contributed by atoms with van der Waals surface area (Å²) in [7, 11) is 0. The monoisotopic (exact) mass is 336 g/mol. The molecule has 7 heteroatoms. The van der Waals surface area contributed by atoms with Crippen LogP contribution in [0.4, 0.5) is 5.82 Å². The number of carbonyl (C=O) groups is 1. The highest BCUT2D eigenvalue weighted by atomic mass is 32.2. The molecule has 0 saturated heterocycles. The lowest BCUT2D eigenvalue weighted by Crippen LogP contribution is -2.40. The lowest BCUT2D eigenvalue weighted by molar-refractivity contribution is -0.121. The van der Waals surface area contributed by atoms with Crippen LogP contribution in [-0.4, -0.2) is 27.2 Å². The van der Waals surface area contributed by atoms with Crippen LogP contribution in [0, 0.1) is 0 Å². The number of carbonyl (C=O) groups excluding carboxylic acids is 1. The quantitative estimate of drug-likeness (QED) is 0.662. The molecule has 118 valence electrons. The van der Waals surface area contributed by atoms with Crippen LogP contribution in [0.5, 0.6) is 0 Å². The van der Waals surface area contributed by atoms with E-state index >= 15 is 0 Å². The molecular formula is C15H20N4OS2. The van der Waals surface area contributed by atoms with Crippen molar-refractivity contribution in [2.75, 3.05) is 5.73 Å². The van der Waals surface area contributed by atoms with Crippen LogP contribution in [0.2, 0.25) is 0 Å². The maximum absolute atomic E-state index is 12.3. The van der Waals surface area contributed by atoms with Crippen molar-refractivity contribution in [1.29, 1.82) is 0 Å². The van der Waals surface area contributed by atoms with Crippen molar-refractivity contribution in [3.63, 3.8) is 0 Å². The van der Waals surface area contributed by atoms with Gasteiger partial charge in [-0.1, -0.05) is 31.0 Å². The lowest BCUT2D eigenvalue weighted by Gasteiger charge is -2.24. The minimum atomic E-state index is -0.223. The molecule has 0 bridgehead atoms. The van der Waals surface area contributed by atoms with Crippen molar-refractivity contribution in [2.24, 2.45) is 0 Å². The molecular weight excluding hydrogens is 316 g/mol. The van der Waals surface area contributed by atoms with Crippen molar-refractivity contribution in [1.82, 2.24) is 15.3 Å². The number of amides is 1. The number of thioether (sulfide) groups is 1. The third-order valence-electron chi connectivity index (χ3n) is 3.94. The largest absolute Gasteiger partial charge is 0.383 e. The van der Waals surface area contributed by atoms with E-state index in [0.29, 0.717) is 17.0 Å². The van der Waals surface area contributed by atoms with Crippen molar-refractivity contribution >= 4 is 45.0 Å². The average molecular weight is 336 g/mol. The van der Waals surface area contributed by atoms with Gasteiger partial charge in [-0.3, -0.25) is 4.79 Å². The zero-order chi connectivity index (χ0) is 15.5. The van der Waals surface area contributed by atoms with E-state index < -0.39 is 0 Å². The highest BCUT2D eigenvalue weighted by Gasteiger charge is 2.21. The first-order chi connectivity index (χ1) is 10.6. The summed E-state index contributed by atoms with van der Waals surface area (Å²) in [6, 6.07) is 2.25. The van der Waals surface area contributed by atoms with Crippen LogP contribution >= 0.6 is 23.1 Å². The van der Waals surface area contributed by atoms with Gasteiger partial charge in [-0.25, -0.2) is 9.97 Å². The van der Waals surface area contributed by atoms with E-state index in [9.17, 15) is 4.79 Å². The number of thiophene rings is 1. The number of hydrogen-bond acceptors (Lipinski definition) is 6. The van der Waals surface area contributed by atoms with Gasteiger partial charge >= 0.3 is 0 Å². The van der Waals surface area contributed by atoms with Crippen LogP contribution in [0.25, 0.3) is 10.2 Å². The van der Waals surface area contributed by atoms with E-state index in [1.165, 1.54) is 42.4 Å². The van der Waals surface area contributed by atoms with Crippen molar-refractivity contribution in [3.8, 4) is 0 Å². The molecule has 0 spiro atoms. The topological polar surface area (TPSA) is 80.9 Å². The average Bonchev–Trinajstić information content (AvgIpc) is 2.97. The fourth-order valence-electron chi connectivity index (χ4n) is 2.69. The van der Waals surface area contributed by atoms with E-state index in [1.54, 1.807) is 0 Å². The number of nitrogens with two attached hydrogens (primary N) is 1. The molecule has 1 saturated carbocycles. The van der Waals surface area contributed by atoms with E-state index in [-0.39, 0.29) is 11.2 Å². The van der Waals surface area contributed by atoms with Gasteiger partial charge in [0.2, 0.25) is 5.91 Å². The standard InChI is InChI=1S/C15H20N4OS2/c1-9(13(20)17-10-5-3-2-4-6-10)22-15-18-12(16)11-7-8-21-14(11)19-15/h7-10H,2-6H2,1H3,(H,17,20)(H2,16,18,19)/t9-/m0/s1. The fraction of sp³-hybridized carbons (Fsp3) is 0.533. The summed E-state index contributed by atoms with van der Waals surface area (Å²) in [6.07, 6.45) is 5.88. The number of rotatable bonds is 4. The lowest BCUT2D eigenvalue weighted by atomic mass is 9.95. The minimum absolute atomic E-state index is 0.0605. The summed E-state index contributed by atoms with van der Waals surface area (Å²) < 4.78 is 0. The molecule has 3 rings (SSSR count). The third-order valence-corrected chi connectivity index (χ3v) is 5.70. The Morgan fingerprint density at radius 1 is 1.41 bits per heavy atom. The van der Waals surface area contributed by atoms with Gasteiger partial charge in [0, 0.05) is 6.04 Å². The smallest absolute Gasteiger partial charge is 0.233 e. The van der Waals surface area contributed by atoms with Gasteiger partial charge in [0.25, 0.3) is 0 Å². The summed E-state index contributed by atoms with van der Waals surface area (Å²) in [4.78, 5) is 21.9. The molecule has 2 heterocycles. The second-order valence-corrected chi connectivity index (χ2v) is 7.84. The molecule has 0 aromatic carbocycles. The Kier molecular flexibility index (Phi) is 4.83. The maximum atomic E-state index is 12.3. The number of fused-ring (bicyclic) bond motifs is 1.